The number of rotatable bonds is 2. The highest BCUT2D eigenvalue weighted by Crippen LogP contribution is 2.13. The van der Waals surface area contributed by atoms with Gasteiger partial charge in [0, 0.05) is 12.7 Å². The molecule has 0 aliphatic carbocycles. The molecule has 1 N–H and O–H groups in total. The van der Waals surface area contributed by atoms with E-state index in [-0.39, 0.29) is 5.82 Å². The summed E-state index contributed by atoms with van der Waals surface area (Å²) in [6, 6.07) is 5.26. The van der Waals surface area contributed by atoms with Crippen LogP contribution in [-0.2, 0) is 4.84 Å². The lowest BCUT2D eigenvalue weighted by atomic mass is 10.3. The number of hydroxylamine groups is 1. The lowest BCUT2D eigenvalue weighted by molar-refractivity contribution is 0.111. The van der Waals surface area contributed by atoms with Crippen LogP contribution in [-0.4, -0.2) is 20.2 Å². The van der Waals surface area contributed by atoms with Gasteiger partial charge in [-0.1, -0.05) is 6.07 Å². The molecule has 0 fully saturated rings. The molecule has 5 heteroatoms. The first-order chi connectivity index (χ1) is 6.65. The van der Waals surface area contributed by atoms with Crippen molar-refractivity contribution in [2.75, 3.05) is 19.1 Å². The molecule has 0 aromatic heterocycles. The number of nitrogens with zero attached hydrogens (tertiary/aromatic N) is 1. The third-order valence-electron chi connectivity index (χ3n) is 1.69. The van der Waals surface area contributed by atoms with Gasteiger partial charge in [0.25, 0.3) is 0 Å². The number of hydrogen-bond acceptors (Lipinski definition) is 2. The zero-order valence-electron chi connectivity index (χ0n) is 7.95. The van der Waals surface area contributed by atoms with Gasteiger partial charge >= 0.3 is 6.03 Å². The van der Waals surface area contributed by atoms with Crippen molar-refractivity contribution in [3.8, 4) is 0 Å². The van der Waals surface area contributed by atoms with Crippen LogP contribution in [0.4, 0.5) is 14.9 Å². The smallest absolute Gasteiger partial charge is 0.296 e. The van der Waals surface area contributed by atoms with E-state index in [1.165, 1.54) is 37.3 Å². The molecule has 2 amide bonds. The van der Waals surface area contributed by atoms with E-state index in [1.807, 2.05) is 0 Å². The van der Waals surface area contributed by atoms with Crippen molar-refractivity contribution in [3.63, 3.8) is 0 Å². The van der Waals surface area contributed by atoms with E-state index in [4.69, 9.17) is 0 Å². The number of urea groups is 1. The zero-order valence-corrected chi connectivity index (χ0v) is 7.95. The summed E-state index contributed by atoms with van der Waals surface area (Å²) in [5.41, 5.74) is 2.59. The molecular weight excluding hydrogens is 187 g/mol. The first kappa shape index (κ1) is 10.5. The fourth-order valence-electron chi connectivity index (χ4n) is 0.958. The zero-order chi connectivity index (χ0) is 10.6. The van der Waals surface area contributed by atoms with Crippen molar-refractivity contribution in [3.05, 3.63) is 30.1 Å². The number of carbonyl (C=O) groups excluding carboxylic acids is 1. The van der Waals surface area contributed by atoms with E-state index in [2.05, 4.69) is 10.3 Å². The quantitative estimate of drug-likeness (QED) is 0.732. The highest BCUT2D eigenvalue weighted by Gasteiger charge is 2.09. The number of benzene rings is 1. The minimum atomic E-state index is -0.460. The van der Waals surface area contributed by atoms with Gasteiger partial charge in [-0.15, -0.1) is 0 Å². The van der Waals surface area contributed by atoms with E-state index in [0.29, 0.717) is 5.69 Å². The second kappa shape index (κ2) is 4.57. The highest BCUT2D eigenvalue weighted by atomic mass is 19.1. The van der Waals surface area contributed by atoms with Gasteiger partial charge in [-0.25, -0.2) is 14.7 Å². The summed E-state index contributed by atoms with van der Waals surface area (Å²) < 4.78 is 12.8. The molecule has 1 aromatic rings. The lowest BCUT2D eigenvalue weighted by Crippen LogP contribution is -2.36. The van der Waals surface area contributed by atoms with Crippen molar-refractivity contribution in [1.29, 1.82) is 0 Å². The van der Waals surface area contributed by atoms with Gasteiger partial charge in [-0.3, -0.25) is 9.74 Å². The van der Waals surface area contributed by atoms with Crippen molar-refractivity contribution in [2.45, 2.75) is 0 Å². The predicted octanol–water partition coefficient (Wildman–Crippen LogP) is 1.53. The molecule has 0 aliphatic heterocycles. The van der Waals surface area contributed by atoms with E-state index in [1.54, 1.807) is 6.07 Å². The number of carbonyl (C=O) groups is 1. The van der Waals surface area contributed by atoms with E-state index in [9.17, 15) is 9.18 Å². The Balaban J connectivity index is 2.78. The van der Waals surface area contributed by atoms with Gasteiger partial charge in [0.1, 0.15) is 5.82 Å². The Morgan fingerprint density at radius 1 is 1.57 bits per heavy atom. The summed E-state index contributed by atoms with van der Waals surface area (Å²) in [6.45, 7) is 0. The van der Waals surface area contributed by atoms with Crippen molar-refractivity contribution >= 4 is 11.7 Å². The molecule has 0 bridgehead atoms. The first-order valence-corrected chi connectivity index (χ1v) is 3.97. The molecule has 0 saturated carbocycles. The summed E-state index contributed by atoms with van der Waals surface area (Å²) in [5, 5.41) is 0. The number of amides is 2. The lowest BCUT2D eigenvalue weighted by Gasteiger charge is -2.16. The Morgan fingerprint density at radius 2 is 2.29 bits per heavy atom. The Bertz CT molecular complexity index is 330. The van der Waals surface area contributed by atoms with Crippen LogP contribution >= 0.6 is 0 Å². The van der Waals surface area contributed by atoms with Crippen LogP contribution in [0.3, 0.4) is 0 Å². The Hall–Kier alpha value is -1.62. The van der Waals surface area contributed by atoms with E-state index >= 15 is 0 Å². The maximum absolute atomic E-state index is 12.8. The largest absolute Gasteiger partial charge is 0.345 e. The Morgan fingerprint density at radius 3 is 2.86 bits per heavy atom. The van der Waals surface area contributed by atoms with Gasteiger partial charge in [-0.2, -0.15) is 0 Å². The molecule has 14 heavy (non-hydrogen) atoms. The average molecular weight is 198 g/mol. The molecule has 0 aliphatic rings. The van der Waals surface area contributed by atoms with Crippen LogP contribution in [0.5, 0.6) is 0 Å². The summed E-state index contributed by atoms with van der Waals surface area (Å²) in [5.74, 6) is -0.389. The predicted molar refractivity (Wildman–Crippen MR) is 50.3 cm³/mol. The fourth-order valence-corrected chi connectivity index (χ4v) is 0.958. The van der Waals surface area contributed by atoms with Crippen LogP contribution in [0.1, 0.15) is 0 Å². The standard InChI is InChI=1S/C9H11FN2O2/c1-12(9(13)11-14-2)8-5-3-4-7(10)6-8/h3-6H,1-2H3,(H,11,13). The molecular formula is C9H11FN2O2. The van der Waals surface area contributed by atoms with Gasteiger partial charge in [-0.05, 0) is 18.2 Å². The van der Waals surface area contributed by atoms with E-state index < -0.39 is 6.03 Å². The monoisotopic (exact) mass is 198 g/mol. The SMILES string of the molecule is CONC(=O)N(C)c1cccc(F)c1. The molecule has 0 spiro atoms. The first-order valence-electron chi connectivity index (χ1n) is 3.97. The maximum atomic E-state index is 12.8. The molecule has 0 radical (unpaired) electrons. The van der Waals surface area contributed by atoms with Crippen LogP contribution in [0.15, 0.2) is 24.3 Å². The number of halogens is 1. The summed E-state index contributed by atoms with van der Waals surface area (Å²) in [4.78, 5) is 16.9. The van der Waals surface area contributed by atoms with Crippen molar-refractivity contribution < 1.29 is 14.0 Å². The number of anilines is 1. The van der Waals surface area contributed by atoms with Crippen LogP contribution in [0, 0.1) is 5.82 Å². The molecule has 76 valence electrons. The second-order valence-electron chi connectivity index (χ2n) is 2.65. The van der Waals surface area contributed by atoms with Crippen LogP contribution in [0.2, 0.25) is 0 Å². The fraction of sp³-hybridized carbons (Fsp3) is 0.222. The van der Waals surface area contributed by atoms with Crippen molar-refractivity contribution in [2.24, 2.45) is 0 Å². The molecule has 0 unspecified atom stereocenters. The molecule has 0 heterocycles. The Labute approximate surface area is 81.2 Å². The number of hydrogen-bond donors (Lipinski definition) is 1. The molecule has 1 rings (SSSR count). The average Bonchev–Trinajstić information content (AvgIpc) is 2.17. The highest BCUT2D eigenvalue weighted by molar-refractivity contribution is 5.90. The third-order valence-corrected chi connectivity index (χ3v) is 1.69. The summed E-state index contributed by atoms with van der Waals surface area (Å²) in [7, 11) is 2.85. The summed E-state index contributed by atoms with van der Waals surface area (Å²) >= 11 is 0. The van der Waals surface area contributed by atoms with Gasteiger partial charge < -0.3 is 0 Å². The number of nitrogens with one attached hydrogen (secondary N) is 1. The normalized spacial score (nSPS) is 9.64. The molecule has 4 nitrogen and oxygen atoms in total. The molecule has 0 atom stereocenters. The summed E-state index contributed by atoms with van der Waals surface area (Å²) in [6.07, 6.45) is 0. The molecule has 0 saturated heterocycles. The Kier molecular flexibility index (Phi) is 3.41. The van der Waals surface area contributed by atoms with Crippen LogP contribution < -0.4 is 10.4 Å². The van der Waals surface area contributed by atoms with E-state index in [0.717, 1.165) is 0 Å². The van der Waals surface area contributed by atoms with Gasteiger partial charge in [0.15, 0.2) is 0 Å². The van der Waals surface area contributed by atoms with Crippen LogP contribution in [0.25, 0.3) is 0 Å². The second-order valence-corrected chi connectivity index (χ2v) is 2.65. The molecule has 1 aromatic carbocycles. The third kappa shape index (κ3) is 2.43. The van der Waals surface area contributed by atoms with Gasteiger partial charge in [0.2, 0.25) is 0 Å². The minimum absolute atomic E-state index is 0.389. The minimum Gasteiger partial charge on any atom is -0.296 e. The van der Waals surface area contributed by atoms with Gasteiger partial charge in [0.05, 0.1) is 7.11 Å². The maximum Gasteiger partial charge on any atom is 0.345 e. The topological polar surface area (TPSA) is 41.6 Å². The van der Waals surface area contributed by atoms with Crippen molar-refractivity contribution in [1.82, 2.24) is 5.48 Å².